The number of methoxy groups -OCH3 is 1. The van der Waals surface area contributed by atoms with E-state index in [9.17, 15) is 27.0 Å². The standard InChI is InChI=1S/C35H50N6O9S2/c1-22-18-29(48-7)23(2)24(3)31(22)52(46,47)41-33(36)37-17-11-14-28(32(43)38-20-30(42)50-35(4,5)6)40-51(45)27-16-15-26(19-27)39-34(44)49-21-25-12-9-8-10-13-25/h8-10,12-13,15-16,18,26-28,40H,11,14,17,19-21H2,1-7H3,(H,38,43)(H,39,44)(H3,36,37,41)/t26?,27?,28-,51?/m0/s1. The number of esters is 1. The number of rotatable bonds is 16. The number of carbonyl (C=O) groups is 3. The van der Waals surface area contributed by atoms with Crippen LogP contribution in [0.1, 0.15) is 62.3 Å². The molecule has 0 aliphatic heterocycles. The molecule has 17 heteroatoms. The van der Waals surface area contributed by atoms with E-state index < -0.39 is 68.5 Å². The third-order valence-corrected chi connectivity index (χ3v) is 10.9. The Morgan fingerprint density at radius 2 is 1.77 bits per heavy atom. The molecule has 0 bridgehead atoms. The number of nitrogens with zero attached hydrogens (tertiary/aromatic N) is 1. The van der Waals surface area contributed by atoms with Crippen LogP contribution < -0.4 is 30.5 Å². The van der Waals surface area contributed by atoms with E-state index in [1.165, 1.54) is 7.11 Å². The number of carbonyl (C=O) groups excluding carboxylic acids is 3. The fraction of sp³-hybridized carbons (Fsp3) is 0.486. The van der Waals surface area contributed by atoms with Crippen molar-refractivity contribution in [3.63, 3.8) is 0 Å². The van der Waals surface area contributed by atoms with Crippen molar-refractivity contribution in [3.05, 3.63) is 70.8 Å². The maximum absolute atomic E-state index is 13.4. The number of hydrogen-bond donors (Lipinski definition) is 5. The Bertz CT molecular complexity index is 1780. The van der Waals surface area contributed by atoms with Crippen LogP contribution in [0.15, 0.2) is 58.4 Å². The number of alkyl carbamates (subject to hydrolysis) is 1. The summed E-state index contributed by atoms with van der Waals surface area (Å²) in [6.45, 7) is 9.92. The normalized spacial score (nSPS) is 17.2. The molecule has 0 fully saturated rings. The molecule has 0 saturated heterocycles. The minimum absolute atomic E-state index is 0.0263. The van der Waals surface area contributed by atoms with Gasteiger partial charge < -0.3 is 30.6 Å². The van der Waals surface area contributed by atoms with Crippen LogP contribution in [0.2, 0.25) is 0 Å². The number of amides is 2. The summed E-state index contributed by atoms with van der Waals surface area (Å²) >= 11 is 0. The number of sulfonamides is 1. The monoisotopic (exact) mass is 762 g/mol. The van der Waals surface area contributed by atoms with Crippen molar-refractivity contribution in [1.82, 2.24) is 20.1 Å². The average Bonchev–Trinajstić information content (AvgIpc) is 3.53. The smallest absolute Gasteiger partial charge is 0.407 e. The molecule has 2 aromatic rings. The number of hydrogen-bond acceptors (Lipinski definition) is 10. The predicted molar refractivity (Wildman–Crippen MR) is 198 cm³/mol. The number of guanidine groups is 1. The second-order valence-corrected chi connectivity index (χ2v) is 16.3. The number of nitrogens with one attached hydrogen (secondary N) is 4. The zero-order valence-corrected chi connectivity index (χ0v) is 32.2. The lowest BCUT2D eigenvalue weighted by atomic mass is 10.1. The third-order valence-electron chi connectivity index (χ3n) is 7.88. The second kappa shape index (κ2) is 18.8. The number of benzene rings is 2. The molecule has 0 radical (unpaired) electrons. The largest absolute Gasteiger partial charge is 0.496 e. The van der Waals surface area contributed by atoms with Crippen LogP contribution in [0.5, 0.6) is 5.75 Å². The van der Waals surface area contributed by atoms with E-state index in [0.29, 0.717) is 28.9 Å². The zero-order chi connectivity index (χ0) is 38.6. The highest BCUT2D eigenvalue weighted by Crippen LogP contribution is 2.30. The molecule has 4 atom stereocenters. The van der Waals surface area contributed by atoms with Crippen molar-refractivity contribution in [2.24, 2.45) is 10.7 Å². The van der Waals surface area contributed by atoms with Gasteiger partial charge in [-0.25, -0.2) is 26.9 Å². The molecular formula is C35H50N6O9S2. The summed E-state index contributed by atoms with van der Waals surface area (Å²) in [6.07, 6.45) is 3.40. The summed E-state index contributed by atoms with van der Waals surface area (Å²) in [6, 6.07) is 9.39. The highest BCUT2D eigenvalue weighted by atomic mass is 32.2. The van der Waals surface area contributed by atoms with E-state index in [0.717, 1.165) is 5.56 Å². The quantitative estimate of drug-likeness (QED) is 0.0554. The molecule has 0 aromatic heterocycles. The lowest BCUT2D eigenvalue weighted by Crippen LogP contribution is -2.48. The molecule has 15 nitrogen and oxygen atoms in total. The summed E-state index contributed by atoms with van der Waals surface area (Å²) in [5, 5.41) is 4.71. The molecule has 3 unspecified atom stereocenters. The van der Waals surface area contributed by atoms with Crippen molar-refractivity contribution < 1.29 is 41.2 Å². The molecule has 2 aromatic carbocycles. The topological polar surface area (TPSA) is 217 Å². The van der Waals surface area contributed by atoms with E-state index in [1.54, 1.807) is 59.8 Å². The summed E-state index contributed by atoms with van der Waals surface area (Å²) in [5.41, 5.74) is 7.69. The maximum Gasteiger partial charge on any atom is 0.407 e. The Morgan fingerprint density at radius 3 is 2.42 bits per heavy atom. The van der Waals surface area contributed by atoms with Crippen LogP contribution >= 0.6 is 0 Å². The van der Waals surface area contributed by atoms with Crippen LogP contribution in [0.25, 0.3) is 0 Å². The Labute approximate surface area is 308 Å². The minimum Gasteiger partial charge on any atom is -0.496 e. The fourth-order valence-electron chi connectivity index (χ4n) is 5.34. The van der Waals surface area contributed by atoms with Gasteiger partial charge in [0.25, 0.3) is 10.0 Å². The molecule has 286 valence electrons. The Balaban J connectivity index is 1.60. The van der Waals surface area contributed by atoms with E-state index in [2.05, 4.69) is 25.1 Å². The van der Waals surface area contributed by atoms with E-state index in [4.69, 9.17) is 19.9 Å². The molecule has 6 N–H and O–H groups in total. The molecule has 1 aliphatic rings. The lowest BCUT2D eigenvalue weighted by molar-refractivity contribution is -0.154. The molecule has 2 amide bonds. The maximum atomic E-state index is 13.4. The first kappa shape index (κ1) is 41.9. The summed E-state index contributed by atoms with van der Waals surface area (Å²) in [5.74, 6) is -1.02. The van der Waals surface area contributed by atoms with Crippen LogP contribution in [-0.2, 0) is 46.7 Å². The third kappa shape index (κ3) is 12.9. The lowest BCUT2D eigenvalue weighted by Gasteiger charge is -2.22. The van der Waals surface area contributed by atoms with Crippen molar-refractivity contribution in [2.75, 3.05) is 20.2 Å². The average molecular weight is 763 g/mol. The van der Waals surface area contributed by atoms with Crippen molar-refractivity contribution in [1.29, 1.82) is 0 Å². The minimum atomic E-state index is -4.08. The van der Waals surface area contributed by atoms with E-state index in [1.807, 2.05) is 30.3 Å². The van der Waals surface area contributed by atoms with Gasteiger partial charge in [-0.2, -0.15) is 0 Å². The van der Waals surface area contributed by atoms with Gasteiger partial charge in [0.05, 0.1) is 40.3 Å². The summed E-state index contributed by atoms with van der Waals surface area (Å²) in [7, 11) is -4.34. The SMILES string of the molecule is COc1cc(C)c(S(=O)(=O)NC(N)=NCCC[C@H](NS(=O)C2C=CC(NC(=O)OCc3ccccc3)C2)C(=O)NCC(=O)OC(C)(C)C)c(C)c1C. The van der Waals surface area contributed by atoms with Gasteiger partial charge in [-0.15, -0.1) is 0 Å². The first-order valence-corrected chi connectivity index (χ1v) is 19.4. The van der Waals surface area contributed by atoms with Crippen LogP contribution in [0, 0.1) is 20.8 Å². The summed E-state index contributed by atoms with van der Waals surface area (Å²) in [4.78, 5) is 42.0. The van der Waals surface area contributed by atoms with Gasteiger partial charge in [0.2, 0.25) is 11.9 Å². The molecular weight excluding hydrogens is 713 g/mol. The number of nitrogens with two attached hydrogens (primary N) is 1. The molecule has 0 spiro atoms. The summed E-state index contributed by atoms with van der Waals surface area (Å²) < 4.78 is 60.8. The van der Waals surface area contributed by atoms with Gasteiger partial charge >= 0.3 is 12.1 Å². The molecule has 0 heterocycles. The number of aryl methyl sites for hydroxylation is 1. The van der Waals surface area contributed by atoms with E-state index >= 15 is 0 Å². The Morgan fingerprint density at radius 1 is 1.08 bits per heavy atom. The highest BCUT2D eigenvalue weighted by molar-refractivity contribution is 7.90. The van der Waals surface area contributed by atoms with Gasteiger partial charge in [-0.3, -0.25) is 14.6 Å². The van der Waals surface area contributed by atoms with Crippen LogP contribution in [0.4, 0.5) is 4.79 Å². The van der Waals surface area contributed by atoms with E-state index in [-0.39, 0.29) is 36.8 Å². The fourth-order valence-corrected chi connectivity index (χ4v) is 8.12. The first-order chi connectivity index (χ1) is 24.4. The molecule has 0 saturated carbocycles. The van der Waals surface area contributed by atoms with Crippen LogP contribution in [-0.4, -0.2) is 79.7 Å². The zero-order valence-electron chi connectivity index (χ0n) is 30.6. The van der Waals surface area contributed by atoms with Crippen molar-refractivity contribution >= 4 is 44.9 Å². The van der Waals surface area contributed by atoms with Crippen molar-refractivity contribution in [3.8, 4) is 5.75 Å². The number of ether oxygens (including phenoxy) is 3. The van der Waals surface area contributed by atoms with Gasteiger partial charge in [-0.05, 0) is 89.1 Å². The second-order valence-electron chi connectivity index (χ2n) is 13.2. The first-order valence-electron chi connectivity index (χ1n) is 16.7. The number of aliphatic imine (C=N–C) groups is 1. The van der Waals surface area contributed by atoms with Crippen LogP contribution in [0.3, 0.4) is 0 Å². The Hall–Kier alpha value is -4.48. The van der Waals surface area contributed by atoms with Gasteiger partial charge in [0, 0.05) is 6.54 Å². The molecule has 1 aliphatic carbocycles. The van der Waals surface area contributed by atoms with Gasteiger partial charge in [0.15, 0.2) is 0 Å². The molecule has 3 rings (SSSR count). The predicted octanol–water partition coefficient (Wildman–Crippen LogP) is 2.70. The van der Waals surface area contributed by atoms with Crippen molar-refractivity contribution in [2.45, 2.75) is 95.2 Å². The molecule has 52 heavy (non-hydrogen) atoms. The highest BCUT2D eigenvalue weighted by Gasteiger charge is 2.30. The van der Waals surface area contributed by atoms with Gasteiger partial charge in [0.1, 0.15) is 24.5 Å². The van der Waals surface area contributed by atoms with Gasteiger partial charge in [-0.1, -0.05) is 42.5 Å². The Kier molecular flexibility index (Phi) is 15.2.